The van der Waals surface area contributed by atoms with Gasteiger partial charge < -0.3 is 5.32 Å². The van der Waals surface area contributed by atoms with E-state index in [1.165, 1.54) is 11.8 Å². The second kappa shape index (κ2) is 8.30. The molecule has 3 rings (SSSR count). The van der Waals surface area contributed by atoms with Crippen molar-refractivity contribution in [1.82, 2.24) is 4.98 Å². The number of amides is 1. The van der Waals surface area contributed by atoms with Crippen LogP contribution in [0, 0.1) is 11.3 Å². The number of pyridine rings is 1. The van der Waals surface area contributed by atoms with E-state index in [1.807, 2.05) is 6.07 Å². The van der Waals surface area contributed by atoms with Crippen molar-refractivity contribution in [2.45, 2.75) is 42.9 Å². The molecule has 1 N–H and O–H groups in total. The van der Waals surface area contributed by atoms with Gasteiger partial charge in [-0.3, -0.25) is 4.79 Å². The topological polar surface area (TPSA) is 65.8 Å². The molecule has 0 radical (unpaired) electrons. The number of aryl methyl sites for hydroxylation is 2. The highest BCUT2D eigenvalue weighted by atomic mass is 35.5. The number of rotatable bonds is 4. The van der Waals surface area contributed by atoms with Gasteiger partial charge in [-0.05, 0) is 62.4 Å². The SMILES string of the molecule is CC(Sc1nc2c(cc1C#N)CCCC2)C(=O)Nc1cc(Cl)cc(Cl)c1. The van der Waals surface area contributed by atoms with Crippen LogP contribution in [0.5, 0.6) is 0 Å². The molecular weight excluding hydrogens is 389 g/mol. The molecule has 0 spiro atoms. The van der Waals surface area contributed by atoms with Crippen LogP contribution >= 0.6 is 35.0 Å². The predicted octanol–water partition coefficient (Wildman–Crippen LogP) is 5.26. The molecule has 1 aromatic heterocycles. The summed E-state index contributed by atoms with van der Waals surface area (Å²) in [6.45, 7) is 1.79. The number of hydrogen-bond donors (Lipinski definition) is 1. The first kappa shape index (κ1) is 19.0. The molecule has 1 heterocycles. The first-order valence-corrected chi connectivity index (χ1v) is 9.96. The summed E-state index contributed by atoms with van der Waals surface area (Å²) in [6.07, 6.45) is 4.14. The molecular formula is C19H17Cl2N3OS. The monoisotopic (exact) mass is 405 g/mol. The predicted molar refractivity (Wildman–Crippen MR) is 106 cm³/mol. The number of thioether (sulfide) groups is 1. The lowest BCUT2D eigenvalue weighted by Gasteiger charge is -2.18. The van der Waals surface area contributed by atoms with Gasteiger partial charge in [0, 0.05) is 21.4 Å². The number of anilines is 1. The first-order valence-electron chi connectivity index (χ1n) is 8.33. The van der Waals surface area contributed by atoms with Crippen LogP contribution in [0.15, 0.2) is 29.3 Å². The van der Waals surface area contributed by atoms with E-state index in [0.29, 0.717) is 26.3 Å². The van der Waals surface area contributed by atoms with Crippen molar-refractivity contribution in [3.8, 4) is 6.07 Å². The van der Waals surface area contributed by atoms with Crippen molar-refractivity contribution >= 4 is 46.6 Å². The van der Waals surface area contributed by atoms with Crippen molar-refractivity contribution in [1.29, 1.82) is 5.26 Å². The van der Waals surface area contributed by atoms with Gasteiger partial charge in [0.05, 0.1) is 10.8 Å². The van der Waals surface area contributed by atoms with E-state index in [4.69, 9.17) is 23.2 Å². The number of carbonyl (C=O) groups is 1. The number of nitriles is 1. The molecule has 1 unspecified atom stereocenters. The number of nitrogens with zero attached hydrogens (tertiary/aromatic N) is 2. The van der Waals surface area contributed by atoms with Gasteiger partial charge >= 0.3 is 0 Å². The molecule has 0 aliphatic heterocycles. The second-order valence-electron chi connectivity index (χ2n) is 6.17. The Hall–Kier alpha value is -1.74. The van der Waals surface area contributed by atoms with Crippen LogP contribution in [0.2, 0.25) is 10.0 Å². The second-order valence-corrected chi connectivity index (χ2v) is 8.38. The molecule has 1 atom stereocenters. The highest BCUT2D eigenvalue weighted by molar-refractivity contribution is 8.00. The number of fused-ring (bicyclic) bond motifs is 1. The molecule has 134 valence electrons. The average molecular weight is 406 g/mol. The Bertz CT molecular complexity index is 875. The lowest BCUT2D eigenvalue weighted by atomic mass is 9.95. The van der Waals surface area contributed by atoms with Gasteiger partial charge in [-0.2, -0.15) is 5.26 Å². The summed E-state index contributed by atoms with van der Waals surface area (Å²) < 4.78 is 0. The zero-order valence-corrected chi connectivity index (χ0v) is 16.5. The molecule has 0 fully saturated rings. The zero-order valence-electron chi connectivity index (χ0n) is 14.2. The summed E-state index contributed by atoms with van der Waals surface area (Å²) in [7, 11) is 0. The number of aromatic nitrogens is 1. The van der Waals surface area contributed by atoms with Gasteiger partial charge in [0.1, 0.15) is 11.1 Å². The smallest absolute Gasteiger partial charge is 0.237 e. The summed E-state index contributed by atoms with van der Waals surface area (Å²) in [5.74, 6) is -0.197. The lowest BCUT2D eigenvalue weighted by Crippen LogP contribution is -2.23. The van der Waals surface area contributed by atoms with Gasteiger partial charge in [-0.25, -0.2) is 4.98 Å². The van der Waals surface area contributed by atoms with Crippen molar-refractivity contribution in [2.75, 3.05) is 5.32 Å². The number of carbonyl (C=O) groups excluding carboxylic acids is 1. The molecule has 0 saturated carbocycles. The Labute approximate surface area is 166 Å². The van der Waals surface area contributed by atoms with E-state index in [1.54, 1.807) is 25.1 Å². The number of hydrogen-bond acceptors (Lipinski definition) is 4. The molecule has 1 aliphatic rings. The largest absolute Gasteiger partial charge is 0.325 e. The van der Waals surface area contributed by atoms with Gasteiger partial charge in [0.25, 0.3) is 0 Å². The molecule has 1 amide bonds. The standard InChI is InChI=1S/C19H17Cl2N3OS/c1-11(18(25)23-16-8-14(20)7-15(21)9-16)26-19-13(10-22)6-12-4-2-3-5-17(12)24-19/h6-9,11H,2-5H2,1H3,(H,23,25). The molecule has 4 nitrogen and oxygen atoms in total. The van der Waals surface area contributed by atoms with Crippen LogP contribution in [-0.2, 0) is 17.6 Å². The highest BCUT2D eigenvalue weighted by Gasteiger charge is 2.21. The summed E-state index contributed by atoms with van der Waals surface area (Å²) in [4.78, 5) is 17.2. The Kier molecular flexibility index (Phi) is 6.08. The van der Waals surface area contributed by atoms with Crippen molar-refractivity contribution in [2.24, 2.45) is 0 Å². The molecule has 26 heavy (non-hydrogen) atoms. The van der Waals surface area contributed by atoms with Gasteiger partial charge in [0.15, 0.2) is 0 Å². The van der Waals surface area contributed by atoms with Crippen molar-refractivity contribution in [3.05, 3.63) is 51.1 Å². The summed E-state index contributed by atoms with van der Waals surface area (Å²) in [5.41, 5.74) is 3.27. The summed E-state index contributed by atoms with van der Waals surface area (Å²) >= 11 is 13.2. The van der Waals surface area contributed by atoms with Crippen LogP contribution in [-0.4, -0.2) is 16.1 Å². The van der Waals surface area contributed by atoms with Crippen LogP contribution in [0.4, 0.5) is 5.69 Å². The van der Waals surface area contributed by atoms with E-state index in [-0.39, 0.29) is 5.91 Å². The van der Waals surface area contributed by atoms with Gasteiger partial charge in [-0.1, -0.05) is 35.0 Å². The Balaban J connectivity index is 1.75. The lowest BCUT2D eigenvalue weighted by molar-refractivity contribution is -0.115. The van der Waals surface area contributed by atoms with E-state index >= 15 is 0 Å². The molecule has 1 aliphatic carbocycles. The fourth-order valence-electron chi connectivity index (χ4n) is 2.88. The number of benzene rings is 1. The normalized spacial score (nSPS) is 14.2. The molecule has 0 bridgehead atoms. The van der Waals surface area contributed by atoms with Crippen molar-refractivity contribution < 1.29 is 4.79 Å². The highest BCUT2D eigenvalue weighted by Crippen LogP contribution is 2.30. The third-order valence-electron chi connectivity index (χ3n) is 4.17. The fraction of sp³-hybridized carbons (Fsp3) is 0.316. The minimum atomic E-state index is -0.422. The molecule has 2 aromatic rings. The minimum Gasteiger partial charge on any atom is -0.325 e. The minimum absolute atomic E-state index is 0.197. The van der Waals surface area contributed by atoms with Gasteiger partial charge in [-0.15, -0.1) is 0 Å². The maximum Gasteiger partial charge on any atom is 0.237 e. The zero-order chi connectivity index (χ0) is 18.7. The Morgan fingerprint density at radius 2 is 1.92 bits per heavy atom. The number of halogens is 2. The number of nitrogens with one attached hydrogen (secondary N) is 1. The third-order valence-corrected chi connectivity index (χ3v) is 5.71. The average Bonchev–Trinajstić information content (AvgIpc) is 2.60. The maximum atomic E-state index is 12.5. The van der Waals surface area contributed by atoms with Crippen molar-refractivity contribution in [3.63, 3.8) is 0 Å². The van der Waals surface area contributed by atoms with Crippen LogP contribution in [0.25, 0.3) is 0 Å². The summed E-state index contributed by atoms with van der Waals surface area (Å²) in [6, 6.07) is 9.01. The third kappa shape index (κ3) is 4.50. The van der Waals surface area contributed by atoms with Crippen LogP contribution in [0.3, 0.4) is 0 Å². The quantitative estimate of drug-likeness (QED) is 0.704. The maximum absolute atomic E-state index is 12.5. The first-order chi connectivity index (χ1) is 12.5. The Morgan fingerprint density at radius 1 is 1.23 bits per heavy atom. The van der Waals surface area contributed by atoms with E-state index < -0.39 is 5.25 Å². The van der Waals surface area contributed by atoms with E-state index in [9.17, 15) is 10.1 Å². The molecule has 1 aromatic carbocycles. The Morgan fingerprint density at radius 3 is 2.62 bits per heavy atom. The van der Waals surface area contributed by atoms with E-state index in [0.717, 1.165) is 36.9 Å². The van der Waals surface area contributed by atoms with E-state index in [2.05, 4.69) is 16.4 Å². The van der Waals surface area contributed by atoms with Crippen LogP contribution in [0.1, 0.15) is 36.6 Å². The van der Waals surface area contributed by atoms with Crippen LogP contribution < -0.4 is 5.32 Å². The van der Waals surface area contributed by atoms with Gasteiger partial charge in [0.2, 0.25) is 5.91 Å². The summed E-state index contributed by atoms with van der Waals surface area (Å²) in [5, 5.41) is 13.3. The fourth-order valence-corrected chi connectivity index (χ4v) is 4.30. The molecule has 0 saturated heterocycles. The molecule has 7 heteroatoms.